The number of hydrogen-bond acceptors (Lipinski definition) is 5. The first-order valence-corrected chi connectivity index (χ1v) is 6.86. The first-order valence-electron chi connectivity index (χ1n) is 6.48. The zero-order valence-corrected chi connectivity index (χ0v) is 12.5. The molecule has 0 aromatic heterocycles. The van der Waals surface area contributed by atoms with Crippen LogP contribution in [0.15, 0.2) is 64.3 Å². The highest BCUT2D eigenvalue weighted by atomic mass is 35.5. The molecule has 0 heterocycles. The van der Waals surface area contributed by atoms with E-state index in [0.717, 1.165) is 0 Å². The summed E-state index contributed by atoms with van der Waals surface area (Å²) in [7, 11) is 0. The fraction of sp³-hybridized carbons (Fsp3) is 0. The van der Waals surface area contributed by atoms with Crippen molar-refractivity contribution < 1.29 is 20.1 Å². The van der Waals surface area contributed by atoms with Crippen LogP contribution >= 0.6 is 11.6 Å². The Morgan fingerprint density at radius 2 is 1.52 bits per heavy atom. The normalized spacial score (nSPS) is 12.0. The number of carboxylic acids is 1. The Hall–Kier alpha value is -2.99. The Labute approximate surface area is 137 Å². The molecule has 0 spiro atoms. The number of phenolic OH excluding ortho intramolecular Hbond substituents is 2. The lowest BCUT2D eigenvalue weighted by Gasteiger charge is -2.08. The minimum absolute atomic E-state index is 0.0661. The molecule has 2 rings (SSSR count). The predicted octanol–water partition coefficient (Wildman–Crippen LogP) is 3.45. The number of aliphatic carboxylic acids is 1. The quantitative estimate of drug-likeness (QED) is 0.381. The molecule has 0 bridgehead atoms. The fourth-order valence-corrected chi connectivity index (χ4v) is 1.82. The van der Waals surface area contributed by atoms with E-state index < -0.39 is 5.97 Å². The number of hydrogen-bond donors (Lipinski definition) is 4. The Balaban J connectivity index is 2.23. The minimum atomic E-state index is -1.25. The second-order valence-electron chi connectivity index (χ2n) is 4.47. The van der Waals surface area contributed by atoms with Gasteiger partial charge < -0.3 is 20.6 Å². The van der Waals surface area contributed by atoms with E-state index in [-0.39, 0.29) is 22.2 Å². The van der Waals surface area contributed by atoms with Crippen molar-refractivity contribution in [3.05, 3.63) is 59.3 Å². The van der Waals surface area contributed by atoms with Gasteiger partial charge in [0.1, 0.15) is 17.2 Å². The van der Waals surface area contributed by atoms with Crippen LogP contribution in [-0.4, -0.2) is 27.5 Å². The van der Waals surface area contributed by atoms with Crippen LogP contribution in [0.4, 0.5) is 11.4 Å². The Morgan fingerprint density at radius 1 is 1.00 bits per heavy atom. The van der Waals surface area contributed by atoms with Crippen LogP contribution in [0, 0.1) is 0 Å². The summed E-state index contributed by atoms with van der Waals surface area (Å²) in [6.07, 6.45) is 1.20. The number of rotatable bonds is 5. The molecule has 2 aromatic rings. The molecule has 6 nitrogen and oxygen atoms in total. The van der Waals surface area contributed by atoms with Crippen LogP contribution < -0.4 is 5.32 Å². The van der Waals surface area contributed by atoms with Gasteiger partial charge in [-0.25, -0.2) is 4.79 Å². The second kappa shape index (κ2) is 7.33. The number of nitrogens with zero attached hydrogens (tertiary/aromatic N) is 1. The number of carbonyl (C=O) groups is 1. The maximum absolute atomic E-state index is 11.3. The van der Waals surface area contributed by atoms with Gasteiger partial charge in [-0.3, -0.25) is 4.99 Å². The predicted molar refractivity (Wildman–Crippen MR) is 88.5 cm³/mol. The van der Waals surface area contributed by atoms with Crippen molar-refractivity contribution in [1.29, 1.82) is 0 Å². The van der Waals surface area contributed by atoms with E-state index in [0.29, 0.717) is 11.4 Å². The molecule has 0 radical (unpaired) electrons. The molecule has 0 amide bonds. The molecule has 0 saturated heterocycles. The van der Waals surface area contributed by atoms with Gasteiger partial charge >= 0.3 is 5.97 Å². The first kappa shape index (κ1) is 16.4. The van der Waals surface area contributed by atoms with E-state index in [1.807, 2.05) is 0 Å². The van der Waals surface area contributed by atoms with Crippen molar-refractivity contribution >= 4 is 35.2 Å². The highest BCUT2D eigenvalue weighted by Gasteiger charge is 2.12. The molecule has 118 valence electrons. The monoisotopic (exact) mass is 332 g/mol. The summed E-state index contributed by atoms with van der Waals surface area (Å²) in [6, 6.07) is 11.9. The summed E-state index contributed by atoms with van der Waals surface area (Å²) < 4.78 is 0. The summed E-state index contributed by atoms with van der Waals surface area (Å²) in [5.41, 5.74) is 0.714. The Bertz CT molecular complexity index is 753. The fourth-order valence-electron chi connectivity index (χ4n) is 1.64. The average Bonchev–Trinajstić information content (AvgIpc) is 2.53. The number of phenols is 2. The minimum Gasteiger partial charge on any atom is -0.508 e. The molecule has 0 atom stereocenters. The number of benzene rings is 2. The van der Waals surface area contributed by atoms with Crippen molar-refractivity contribution in [1.82, 2.24) is 0 Å². The van der Waals surface area contributed by atoms with Gasteiger partial charge in [0.05, 0.1) is 10.7 Å². The van der Waals surface area contributed by atoms with Gasteiger partial charge in [-0.1, -0.05) is 11.6 Å². The van der Waals surface area contributed by atoms with Crippen molar-refractivity contribution in [2.45, 2.75) is 0 Å². The highest BCUT2D eigenvalue weighted by molar-refractivity contribution is 6.41. The summed E-state index contributed by atoms with van der Waals surface area (Å²) >= 11 is 5.99. The van der Waals surface area contributed by atoms with Gasteiger partial charge in [0.2, 0.25) is 0 Å². The lowest BCUT2D eigenvalue weighted by molar-refractivity contribution is -0.132. The van der Waals surface area contributed by atoms with Gasteiger partial charge in [0.25, 0.3) is 0 Å². The van der Waals surface area contributed by atoms with Crippen molar-refractivity contribution in [3.63, 3.8) is 0 Å². The Kier molecular flexibility index (Phi) is 5.22. The molecule has 0 aliphatic rings. The number of allylic oxidation sites excluding steroid dienone is 1. The van der Waals surface area contributed by atoms with Crippen LogP contribution in [-0.2, 0) is 4.79 Å². The molecule has 0 saturated carbocycles. The second-order valence-corrected chi connectivity index (χ2v) is 4.88. The van der Waals surface area contributed by atoms with Crippen molar-refractivity contribution in [2.75, 3.05) is 5.32 Å². The molecule has 0 fully saturated rings. The van der Waals surface area contributed by atoms with Crippen LogP contribution in [0.5, 0.6) is 11.5 Å². The van der Waals surface area contributed by atoms with Crippen LogP contribution in [0.3, 0.4) is 0 Å². The van der Waals surface area contributed by atoms with Crippen molar-refractivity contribution in [3.8, 4) is 11.5 Å². The van der Waals surface area contributed by atoms with Gasteiger partial charge in [0.15, 0.2) is 0 Å². The van der Waals surface area contributed by atoms with E-state index in [2.05, 4.69) is 10.3 Å². The van der Waals surface area contributed by atoms with E-state index in [9.17, 15) is 20.1 Å². The van der Waals surface area contributed by atoms with E-state index >= 15 is 0 Å². The van der Waals surface area contributed by atoms with Gasteiger partial charge in [-0.15, -0.1) is 0 Å². The van der Waals surface area contributed by atoms with Gasteiger partial charge in [-0.2, -0.15) is 0 Å². The first-order chi connectivity index (χ1) is 11.0. The molecule has 0 aliphatic carbocycles. The Morgan fingerprint density at radius 3 is 2.04 bits per heavy atom. The SMILES string of the molecule is O=C(O)/C(Nc1ccc(O)cc1)=C(/Cl)C=Nc1ccc(O)cc1. The number of halogens is 1. The molecule has 2 aromatic carbocycles. The van der Waals surface area contributed by atoms with Gasteiger partial charge in [0, 0.05) is 11.9 Å². The number of carboxylic acid groups (broad SMARTS) is 1. The summed E-state index contributed by atoms with van der Waals surface area (Å²) in [4.78, 5) is 15.4. The maximum atomic E-state index is 11.3. The zero-order valence-electron chi connectivity index (χ0n) is 11.8. The summed E-state index contributed by atoms with van der Waals surface area (Å²) in [5, 5.41) is 30.2. The third kappa shape index (κ3) is 4.76. The lowest BCUT2D eigenvalue weighted by atomic mass is 10.3. The summed E-state index contributed by atoms with van der Waals surface area (Å²) in [6.45, 7) is 0. The maximum Gasteiger partial charge on any atom is 0.353 e. The third-order valence-corrected chi connectivity index (χ3v) is 3.05. The molecular formula is C16H13ClN2O4. The lowest BCUT2D eigenvalue weighted by Crippen LogP contribution is -2.12. The molecule has 23 heavy (non-hydrogen) atoms. The van der Waals surface area contributed by atoms with E-state index in [4.69, 9.17) is 11.6 Å². The third-order valence-electron chi connectivity index (χ3n) is 2.77. The number of nitrogens with one attached hydrogen (secondary N) is 1. The zero-order chi connectivity index (χ0) is 16.8. The largest absolute Gasteiger partial charge is 0.508 e. The van der Waals surface area contributed by atoms with Crippen molar-refractivity contribution in [2.24, 2.45) is 4.99 Å². The topological polar surface area (TPSA) is 102 Å². The number of anilines is 1. The van der Waals surface area contributed by atoms with Crippen LogP contribution in [0.25, 0.3) is 0 Å². The highest BCUT2D eigenvalue weighted by Crippen LogP contribution is 2.20. The molecular weight excluding hydrogens is 320 g/mol. The standard InChI is InChI=1S/C16H13ClN2O4/c17-14(9-18-10-1-5-12(20)6-2-10)15(16(22)23)19-11-3-7-13(21)8-4-11/h1-9,19-21H,(H,22,23)/b15-14-,18-9?. The number of aliphatic imine (C=N–C) groups is 1. The molecule has 4 N–H and O–H groups in total. The smallest absolute Gasteiger partial charge is 0.353 e. The molecule has 7 heteroatoms. The van der Waals surface area contributed by atoms with Crippen LogP contribution in [0.1, 0.15) is 0 Å². The van der Waals surface area contributed by atoms with E-state index in [1.165, 1.54) is 42.6 Å². The number of aromatic hydroxyl groups is 2. The van der Waals surface area contributed by atoms with Gasteiger partial charge in [-0.05, 0) is 48.5 Å². The summed E-state index contributed by atoms with van der Waals surface area (Å²) in [5.74, 6) is -1.08. The average molecular weight is 333 g/mol. The molecule has 0 unspecified atom stereocenters. The molecule has 0 aliphatic heterocycles. The van der Waals surface area contributed by atoms with E-state index in [1.54, 1.807) is 12.1 Å². The van der Waals surface area contributed by atoms with Crippen LogP contribution in [0.2, 0.25) is 0 Å².